The smallest absolute Gasteiger partial charge is 0.166 e. The molecule has 1 fully saturated rings. The molecule has 0 aliphatic carbocycles. The van der Waals surface area contributed by atoms with Crippen LogP contribution in [0.5, 0.6) is 0 Å². The van der Waals surface area contributed by atoms with Crippen molar-refractivity contribution in [3.8, 4) is 0 Å². The van der Waals surface area contributed by atoms with Gasteiger partial charge in [0.05, 0.1) is 22.6 Å². The van der Waals surface area contributed by atoms with Crippen molar-refractivity contribution in [2.45, 2.75) is 81.1 Å². The van der Waals surface area contributed by atoms with Crippen LogP contribution in [-0.4, -0.2) is 41.1 Å². The summed E-state index contributed by atoms with van der Waals surface area (Å²) in [4.78, 5) is 0. The molecule has 26 heavy (non-hydrogen) atoms. The molecule has 3 unspecified atom stereocenters. The highest BCUT2D eigenvalue weighted by Crippen LogP contribution is 2.34. The van der Waals surface area contributed by atoms with Gasteiger partial charge in [-0.05, 0) is 45.1 Å². The molecule has 0 saturated carbocycles. The Morgan fingerprint density at radius 1 is 1.27 bits per heavy atom. The van der Waals surface area contributed by atoms with Crippen molar-refractivity contribution in [2.75, 3.05) is 0 Å². The summed E-state index contributed by atoms with van der Waals surface area (Å²) < 4.78 is 21.2. The lowest BCUT2D eigenvalue weighted by Gasteiger charge is -2.44. The van der Waals surface area contributed by atoms with Crippen molar-refractivity contribution in [3.05, 3.63) is 35.9 Å². The summed E-state index contributed by atoms with van der Waals surface area (Å²) in [6.07, 6.45) is 0.917. The fraction of sp³-hybridized carbons (Fsp3) is 0.700. The molecule has 1 aromatic carbocycles. The third kappa shape index (κ3) is 5.82. The molecule has 1 N–H and O–H groups in total. The number of rotatable bonds is 6. The zero-order chi connectivity index (χ0) is 19.5. The lowest BCUT2D eigenvalue weighted by molar-refractivity contribution is -0.174. The van der Waals surface area contributed by atoms with Gasteiger partial charge in [-0.1, -0.05) is 66.8 Å². The fourth-order valence-corrected chi connectivity index (χ4v) is 5.49. The topological polar surface area (TPSA) is 55.8 Å². The first-order chi connectivity index (χ1) is 12.1. The molecule has 1 heterocycles. The highest BCUT2D eigenvalue weighted by atomic mass is 127. The van der Waals surface area contributed by atoms with Crippen LogP contribution in [0.2, 0.25) is 0 Å². The van der Waals surface area contributed by atoms with Gasteiger partial charge >= 0.3 is 0 Å². The molecule has 0 amide bonds. The monoisotopic (exact) mass is 493 g/mol. The van der Waals surface area contributed by atoms with E-state index in [-0.39, 0.29) is 26.7 Å². The molecule has 1 aliphatic rings. The van der Waals surface area contributed by atoms with Gasteiger partial charge in [-0.3, -0.25) is 0 Å². The van der Waals surface area contributed by atoms with E-state index < -0.39 is 17.7 Å². The van der Waals surface area contributed by atoms with Crippen molar-refractivity contribution < 1.29 is 14.4 Å². The molecule has 2 rings (SSSR count). The van der Waals surface area contributed by atoms with E-state index in [1.54, 1.807) is 0 Å². The molecule has 148 valence electrons. The Morgan fingerprint density at radius 3 is 2.38 bits per heavy atom. The average molecular weight is 493 g/mol. The highest BCUT2D eigenvalue weighted by molar-refractivity contribution is 14.1. The van der Waals surface area contributed by atoms with Crippen LogP contribution < -0.4 is 0 Å². The lowest BCUT2D eigenvalue weighted by Crippen LogP contribution is -2.56. The summed E-state index contributed by atoms with van der Waals surface area (Å²) >= 11 is 1.07. The Hall–Kier alpha value is 0.140. The summed E-state index contributed by atoms with van der Waals surface area (Å²) in [5.41, 5.74) is 1.14. The number of alkyl halides is 1. The first-order valence-electron chi connectivity index (χ1n) is 9.31. The zero-order valence-corrected chi connectivity index (χ0v) is 19.4. The third-order valence-electron chi connectivity index (χ3n) is 4.67. The minimum Gasteiger partial charge on any atom is -0.597 e. The number of hydrogen-bond acceptors (Lipinski definition) is 4. The van der Waals surface area contributed by atoms with Crippen molar-refractivity contribution in [1.82, 2.24) is 4.31 Å². The molecule has 1 aromatic rings. The van der Waals surface area contributed by atoms with Gasteiger partial charge in [0.25, 0.3) is 0 Å². The molecule has 6 heteroatoms. The first-order valence-corrected chi connectivity index (χ1v) is 11.7. The third-order valence-corrected chi connectivity index (χ3v) is 7.75. The maximum Gasteiger partial charge on any atom is 0.166 e. The number of aliphatic hydroxyl groups excluding tert-OH is 1. The number of ether oxygens (including phenoxy) is 1. The van der Waals surface area contributed by atoms with Gasteiger partial charge in [-0.2, -0.15) is 0 Å². The van der Waals surface area contributed by atoms with Crippen LogP contribution in [0.4, 0.5) is 0 Å². The number of hydrogen-bond donors (Lipinski definition) is 1. The van der Waals surface area contributed by atoms with Gasteiger partial charge in [-0.25, -0.2) is 0 Å². The predicted octanol–water partition coefficient (Wildman–Crippen LogP) is 4.28. The number of nitrogens with zero attached hydrogens (tertiary/aromatic N) is 1. The van der Waals surface area contributed by atoms with E-state index in [4.69, 9.17) is 4.74 Å². The van der Waals surface area contributed by atoms with E-state index in [2.05, 4.69) is 52.9 Å². The minimum absolute atomic E-state index is 0.0196. The van der Waals surface area contributed by atoms with Crippen LogP contribution in [0.25, 0.3) is 0 Å². The molecule has 1 saturated heterocycles. The quantitative estimate of drug-likeness (QED) is 0.365. The summed E-state index contributed by atoms with van der Waals surface area (Å²) in [5, 5.41) is 10.2. The van der Waals surface area contributed by atoms with Crippen LogP contribution in [0.3, 0.4) is 0 Å². The standard InChI is InChI=1S/C20H32INO3S/c1-14(2)18(17-12-11-16(21)19(23)25-17)22(26(24)20(3,4)5)13-15-9-7-6-8-10-15/h6-10,14,16-19,23H,11-13H2,1-5H3/t16?,17-,18-,19?,26?/m0/s1. The Bertz CT molecular complexity index is 552. The highest BCUT2D eigenvalue weighted by Gasteiger charge is 2.45. The van der Waals surface area contributed by atoms with E-state index in [9.17, 15) is 9.66 Å². The van der Waals surface area contributed by atoms with Gasteiger partial charge in [0.1, 0.15) is 4.75 Å². The van der Waals surface area contributed by atoms with E-state index in [0.717, 1.165) is 18.4 Å². The van der Waals surface area contributed by atoms with Crippen LogP contribution in [0.1, 0.15) is 53.0 Å². The first kappa shape index (κ1) is 22.4. The second kappa shape index (κ2) is 9.56. The number of aliphatic hydroxyl groups is 1. The van der Waals surface area contributed by atoms with Crippen molar-refractivity contribution >= 4 is 34.0 Å². The predicted molar refractivity (Wildman–Crippen MR) is 116 cm³/mol. The maximum absolute atomic E-state index is 13.4. The van der Waals surface area contributed by atoms with Gasteiger partial charge in [-0.15, -0.1) is 4.31 Å². The molecule has 0 spiro atoms. The number of halogens is 1. The van der Waals surface area contributed by atoms with E-state index >= 15 is 0 Å². The molecule has 0 bridgehead atoms. The average Bonchev–Trinajstić information content (AvgIpc) is 2.56. The molecule has 5 atom stereocenters. The zero-order valence-electron chi connectivity index (χ0n) is 16.4. The lowest BCUT2D eigenvalue weighted by atomic mass is 9.92. The summed E-state index contributed by atoms with van der Waals surface area (Å²) in [6, 6.07) is 10.1. The van der Waals surface area contributed by atoms with Crippen LogP contribution in [0, 0.1) is 5.92 Å². The summed E-state index contributed by atoms with van der Waals surface area (Å²) in [5.74, 6) is 0.257. The van der Waals surface area contributed by atoms with Crippen molar-refractivity contribution in [2.24, 2.45) is 5.92 Å². The Balaban J connectivity index is 2.32. The Kier molecular flexibility index (Phi) is 8.25. The van der Waals surface area contributed by atoms with E-state index in [0.29, 0.717) is 6.54 Å². The van der Waals surface area contributed by atoms with Gasteiger partial charge < -0.3 is 14.4 Å². The molecule has 1 aliphatic heterocycles. The molecular weight excluding hydrogens is 461 g/mol. The van der Waals surface area contributed by atoms with E-state index in [1.165, 1.54) is 0 Å². The van der Waals surface area contributed by atoms with Crippen molar-refractivity contribution in [1.29, 1.82) is 0 Å². The van der Waals surface area contributed by atoms with Gasteiger partial charge in [0.15, 0.2) is 6.29 Å². The largest absolute Gasteiger partial charge is 0.597 e. The second-order valence-corrected chi connectivity index (χ2v) is 12.1. The van der Waals surface area contributed by atoms with Gasteiger partial charge in [0.2, 0.25) is 0 Å². The summed E-state index contributed by atoms with van der Waals surface area (Å²) in [6.45, 7) is 10.9. The minimum atomic E-state index is -1.18. The normalized spacial score (nSPS) is 26.9. The van der Waals surface area contributed by atoms with Gasteiger partial charge in [0, 0.05) is 11.4 Å². The SMILES string of the molecule is CC(C)[C@@H]([C@@H]1CCC(I)C(O)O1)N(Cc1ccccc1)[S+]([O-])C(C)(C)C. The fourth-order valence-electron chi connectivity index (χ4n) is 3.39. The van der Waals surface area contributed by atoms with Crippen LogP contribution in [-0.2, 0) is 22.6 Å². The number of benzene rings is 1. The molecule has 4 nitrogen and oxygen atoms in total. The molecule has 0 aromatic heterocycles. The summed E-state index contributed by atoms with van der Waals surface area (Å²) in [7, 11) is 0. The van der Waals surface area contributed by atoms with Crippen LogP contribution in [0.15, 0.2) is 30.3 Å². The molecule has 0 radical (unpaired) electrons. The maximum atomic E-state index is 13.4. The van der Waals surface area contributed by atoms with E-state index in [1.807, 2.05) is 39.0 Å². The van der Waals surface area contributed by atoms with Crippen molar-refractivity contribution in [3.63, 3.8) is 0 Å². The molecular formula is C20H32INO3S. The van der Waals surface area contributed by atoms with Crippen LogP contribution >= 0.6 is 22.6 Å². The Labute approximate surface area is 175 Å². The Morgan fingerprint density at radius 2 is 1.88 bits per heavy atom. The second-order valence-electron chi connectivity index (χ2n) is 8.32.